The molecule has 4 aliphatic carbocycles. The molecule has 3 saturated carbocycles. The van der Waals surface area contributed by atoms with Crippen LogP contribution in [0.2, 0.25) is 0 Å². The lowest BCUT2D eigenvalue weighted by Gasteiger charge is -2.57. The van der Waals surface area contributed by atoms with Gasteiger partial charge in [-0.05, 0) is 86.9 Å². The molecular formula is C21H31ClO. The Morgan fingerprint density at radius 1 is 1.13 bits per heavy atom. The molecular weight excluding hydrogens is 304 g/mol. The summed E-state index contributed by atoms with van der Waals surface area (Å²) in [5.74, 6) is 3.16. The largest absolute Gasteiger partial charge is 0.300 e. The molecule has 4 aliphatic rings. The molecule has 0 bridgehead atoms. The number of alkyl halides is 1. The standard InChI is InChI=1S/C21H31ClO/c1-13(23)17-6-7-18-16-5-4-14-12-15(22)8-10-20(14,2)19(16)9-11-21(17,18)3/h4,15-19H,5-12H2,1-3H3/t15-,16+,17-,18+,19+,20-,21+/m0/s1. The molecule has 0 amide bonds. The number of halogens is 1. The van der Waals surface area contributed by atoms with E-state index in [1.807, 2.05) is 6.92 Å². The fourth-order valence-electron chi connectivity index (χ4n) is 7.28. The van der Waals surface area contributed by atoms with E-state index in [-0.39, 0.29) is 5.41 Å². The van der Waals surface area contributed by atoms with E-state index < -0.39 is 0 Å². The van der Waals surface area contributed by atoms with Crippen LogP contribution in [0.4, 0.5) is 0 Å². The smallest absolute Gasteiger partial charge is 0.133 e. The van der Waals surface area contributed by atoms with Gasteiger partial charge in [0.15, 0.2) is 0 Å². The molecule has 4 rings (SSSR count). The number of hydrogen-bond acceptors (Lipinski definition) is 1. The molecule has 0 aromatic rings. The molecule has 0 heterocycles. The fraction of sp³-hybridized carbons (Fsp3) is 0.857. The number of Topliss-reactive ketones (excluding diaryl/α,β-unsaturated/α-hetero) is 1. The maximum atomic E-state index is 12.2. The molecule has 7 atom stereocenters. The number of rotatable bonds is 1. The predicted octanol–water partition coefficient (Wildman–Crippen LogP) is 5.76. The minimum Gasteiger partial charge on any atom is -0.300 e. The van der Waals surface area contributed by atoms with Crippen LogP contribution in [0.25, 0.3) is 0 Å². The molecule has 0 saturated heterocycles. The summed E-state index contributed by atoms with van der Waals surface area (Å²) in [7, 11) is 0. The Morgan fingerprint density at radius 2 is 1.91 bits per heavy atom. The van der Waals surface area contributed by atoms with Gasteiger partial charge in [-0.1, -0.05) is 25.5 Å². The average Bonchev–Trinajstić information content (AvgIpc) is 2.85. The van der Waals surface area contributed by atoms with Crippen LogP contribution in [-0.2, 0) is 4.79 Å². The second-order valence-electron chi connectivity index (χ2n) is 9.38. The molecule has 0 unspecified atom stereocenters. The van der Waals surface area contributed by atoms with Gasteiger partial charge in [0.2, 0.25) is 0 Å². The summed E-state index contributed by atoms with van der Waals surface area (Å²) in [6.07, 6.45) is 12.4. The second-order valence-corrected chi connectivity index (χ2v) is 10.0. The highest BCUT2D eigenvalue weighted by Crippen LogP contribution is 2.66. The van der Waals surface area contributed by atoms with Gasteiger partial charge >= 0.3 is 0 Å². The molecule has 2 heteroatoms. The predicted molar refractivity (Wildman–Crippen MR) is 95.5 cm³/mol. The first-order valence-corrected chi connectivity index (χ1v) is 10.1. The van der Waals surface area contributed by atoms with Crippen LogP contribution in [-0.4, -0.2) is 11.2 Å². The third-order valence-corrected chi connectivity index (χ3v) is 8.91. The zero-order valence-electron chi connectivity index (χ0n) is 14.9. The molecule has 0 N–H and O–H groups in total. The van der Waals surface area contributed by atoms with Crippen molar-refractivity contribution in [3.05, 3.63) is 11.6 Å². The molecule has 0 spiro atoms. The molecule has 3 fully saturated rings. The molecule has 0 aromatic carbocycles. The summed E-state index contributed by atoms with van der Waals surface area (Å²) in [6.45, 7) is 6.79. The van der Waals surface area contributed by atoms with Crippen LogP contribution in [0.5, 0.6) is 0 Å². The van der Waals surface area contributed by atoms with Crippen molar-refractivity contribution in [3.63, 3.8) is 0 Å². The Bertz CT molecular complexity index is 552. The lowest BCUT2D eigenvalue weighted by Crippen LogP contribution is -2.50. The summed E-state index contributed by atoms with van der Waals surface area (Å²) < 4.78 is 0. The first kappa shape index (κ1) is 16.2. The Hall–Kier alpha value is -0.300. The van der Waals surface area contributed by atoms with Crippen molar-refractivity contribution >= 4 is 17.4 Å². The third-order valence-electron chi connectivity index (χ3n) is 8.53. The van der Waals surface area contributed by atoms with E-state index >= 15 is 0 Å². The van der Waals surface area contributed by atoms with Crippen molar-refractivity contribution in [2.75, 3.05) is 0 Å². The average molecular weight is 335 g/mol. The molecule has 0 aliphatic heterocycles. The van der Waals surface area contributed by atoms with Crippen molar-refractivity contribution in [3.8, 4) is 0 Å². The first-order valence-electron chi connectivity index (χ1n) is 9.70. The number of carbonyl (C=O) groups excluding carboxylic acids is 1. The fourth-order valence-corrected chi connectivity index (χ4v) is 7.56. The Labute approximate surface area is 146 Å². The Kier molecular flexibility index (Phi) is 3.76. The first-order chi connectivity index (χ1) is 10.9. The molecule has 23 heavy (non-hydrogen) atoms. The van der Waals surface area contributed by atoms with Crippen molar-refractivity contribution in [2.45, 2.75) is 77.5 Å². The van der Waals surface area contributed by atoms with Crippen LogP contribution in [0.15, 0.2) is 11.6 Å². The summed E-state index contributed by atoms with van der Waals surface area (Å²) in [5.41, 5.74) is 2.33. The van der Waals surface area contributed by atoms with Gasteiger partial charge < -0.3 is 0 Å². The monoisotopic (exact) mass is 334 g/mol. The van der Waals surface area contributed by atoms with E-state index in [0.717, 1.165) is 30.6 Å². The quantitative estimate of drug-likeness (QED) is 0.440. The highest BCUT2D eigenvalue weighted by Gasteiger charge is 2.59. The van der Waals surface area contributed by atoms with Gasteiger partial charge in [0.1, 0.15) is 5.78 Å². The Balaban J connectivity index is 1.66. The summed E-state index contributed by atoms with van der Waals surface area (Å²) in [4.78, 5) is 12.2. The third kappa shape index (κ3) is 2.21. The second kappa shape index (κ2) is 5.35. The molecule has 0 radical (unpaired) electrons. The number of allylic oxidation sites excluding steroid dienone is 2. The highest BCUT2D eigenvalue weighted by atomic mass is 35.5. The van der Waals surface area contributed by atoms with Crippen LogP contribution >= 0.6 is 11.6 Å². The van der Waals surface area contributed by atoms with Gasteiger partial charge in [-0.25, -0.2) is 0 Å². The maximum Gasteiger partial charge on any atom is 0.133 e. The molecule has 0 aromatic heterocycles. The van der Waals surface area contributed by atoms with E-state index in [4.69, 9.17) is 11.6 Å². The van der Waals surface area contributed by atoms with Crippen LogP contribution in [0, 0.1) is 34.5 Å². The SMILES string of the molecule is CC(=O)[C@@H]1CC[C@@H]2[C@H]3CC=C4C[C@@H](Cl)CC[C@]4(C)[C@@H]3CC[C@@]21C. The zero-order chi connectivity index (χ0) is 16.4. The van der Waals surface area contributed by atoms with E-state index in [1.165, 1.54) is 38.5 Å². The van der Waals surface area contributed by atoms with E-state index in [1.54, 1.807) is 5.57 Å². The Morgan fingerprint density at radius 3 is 2.65 bits per heavy atom. The topological polar surface area (TPSA) is 17.1 Å². The van der Waals surface area contributed by atoms with Crippen molar-refractivity contribution in [2.24, 2.45) is 34.5 Å². The van der Waals surface area contributed by atoms with Gasteiger partial charge in [0, 0.05) is 11.3 Å². The van der Waals surface area contributed by atoms with E-state index in [0.29, 0.717) is 22.5 Å². The van der Waals surface area contributed by atoms with E-state index in [2.05, 4.69) is 19.9 Å². The van der Waals surface area contributed by atoms with Gasteiger partial charge in [-0.15, -0.1) is 11.6 Å². The van der Waals surface area contributed by atoms with E-state index in [9.17, 15) is 4.79 Å². The summed E-state index contributed by atoms with van der Waals surface area (Å²) in [6, 6.07) is 0. The number of carbonyl (C=O) groups is 1. The van der Waals surface area contributed by atoms with Crippen LogP contribution in [0.3, 0.4) is 0 Å². The number of fused-ring (bicyclic) bond motifs is 5. The van der Waals surface area contributed by atoms with Crippen LogP contribution in [0.1, 0.15) is 72.1 Å². The zero-order valence-corrected chi connectivity index (χ0v) is 15.7. The van der Waals surface area contributed by atoms with Crippen LogP contribution < -0.4 is 0 Å². The lowest BCUT2D eigenvalue weighted by atomic mass is 9.47. The molecule has 128 valence electrons. The minimum absolute atomic E-state index is 0.276. The normalized spacial score (nSPS) is 52.2. The van der Waals surface area contributed by atoms with Crippen molar-refractivity contribution in [1.29, 1.82) is 0 Å². The summed E-state index contributed by atoms with van der Waals surface area (Å²) in [5, 5.41) is 0.355. The molecule has 1 nitrogen and oxygen atoms in total. The van der Waals surface area contributed by atoms with Crippen molar-refractivity contribution in [1.82, 2.24) is 0 Å². The number of ketones is 1. The highest BCUT2D eigenvalue weighted by molar-refractivity contribution is 6.20. The minimum atomic E-state index is 0.276. The van der Waals surface area contributed by atoms with Crippen molar-refractivity contribution < 1.29 is 4.79 Å². The van der Waals surface area contributed by atoms with Gasteiger partial charge in [-0.3, -0.25) is 4.79 Å². The van der Waals surface area contributed by atoms with Gasteiger partial charge in [0.05, 0.1) is 0 Å². The van der Waals surface area contributed by atoms with Gasteiger partial charge in [0.25, 0.3) is 0 Å². The maximum absolute atomic E-state index is 12.2. The number of hydrogen-bond donors (Lipinski definition) is 0. The summed E-state index contributed by atoms with van der Waals surface area (Å²) >= 11 is 6.46. The lowest BCUT2D eigenvalue weighted by molar-refractivity contribution is -0.127. The van der Waals surface area contributed by atoms with Gasteiger partial charge in [-0.2, -0.15) is 0 Å².